The van der Waals surface area contributed by atoms with Crippen molar-refractivity contribution in [2.24, 2.45) is 0 Å². The van der Waals surface area contributed by atoms with E-state index < -0.39 is 21.7 Å². The Kier molecular flexibility index (Phi) is 6.02. The number of benzene rings is 3. The fourth-order valence-corrected chi connectivity index (χ4v) is 4.73. The highest BCUT2D eigenvalue weighted by Gasteiger charge is 2.19. The second-order valence-corrected chi connectivity index (χ2v) is 9.50. The highest BCUT2D eigenvalue weighted by Crippen LogP contribution is 2.27. The Bertz CT molecular complexity index is 1370. The molecule has 0 fully saturated rings. The number of amides is 1. The van der Waals surface area contributed by atoms with Gasteiger partial charge in [0.15, 0.2) is 5.13 Å². The Labute approximate surface area is 188 Å². The summed E-state index contributed by atoms with van der Waals surface area (Å²) in [4.78, 5) is 17.2. The third-order valence-corrected chi connectivity index (χ3v) is 6.75. The first-order valence-corrected chi connectivity index (χ1v) is 11.9. The summed E-state index contributed by atoms with van der Waals surface area (Å²) in [5.41, 5.74) is 3.03. The number of para-hydroxylation sites is 1. The smallest absolute Gasteiger partial charge is 0.261 e. The fourth-order valence-electron chi connectivity index (χ4n) is 2.94. The number of aromatic nitrogens is 1. The van der Waals surface area contributed by atoms with E-state index in [2.05, 4.69) is 15.0 Å². The van der Waals surface area contributed by atoms with Crippen molar-refractivity contribution in [3.05, 3.63) is 95.1 Å². The minimum Gasteiger partial charge on any atom is -0.298 e. The van der Waals surface area contributed by atoms with Crippen LogP contribution in [0.4, 0.5) is 15.2 Å². The first kappa shape index (κ1) is 21.7. The lowest BCUT2D eigenvalue weighted by molar-refractivity contribution is 0.102. The average molecular weight is 468 g/mol. The van der Waals surface area contributed by atoms with Crippen LogP contribution in [-0.2, 0) is 10.0 Å². The topological polar surface area (TPSA) is 88.2 Å². The van der Waals surface area contributed by atoms with E-state index in [1.54, 1.807) is 12.1 Å². The Morgan fingerprint density at radius 2 is 1.66 bits per heavy atom. The molecule has 1 aromatic heterocycles. The number of hydrogen-bond acceptors (Lipinski definition) is 5. The summed E-state index contributed by atoms with van der Waals surface area (Å²) in [6.07, 6.45) is 0. The SMILES string of the molecule is Cc1ccc(-c2csc(NC(=O)c3ccccc3NS(=O)(=O)c3ccc(F)cc3)n2)cc1. The monoisotopic (exact) mass is 467 g/mol. The van der Waals surface area contributed by atoms with E-state index in [1.807, 2.05) is 36.6 Å². The summed E-state index contributed by atoms with van der Waals surface area (Å²) in [6.45, 7) is 2.00. The molecule has 0 unspecified atom stereocenters. The normalized spacial score (nSPS) is 11.2. The van der Waals surface area contributed by atoms with Crippen molar-refractivity contribution in [3.8, 4) is 11.3 Å². The maximum absolute atomic E-state index is 13.1. The minimum absolute atomic E-state index is 0.102. The average Bonchev–Trinajstić information content (AvgIpc) is 3.23. The minimum atomic E-state index is -4.00. The van der Waals surface area contributed by atoms with Crippen LogP contribution in [0.2, 0.25) is 0 Å². The summed E-state index contributed by atoms with van der Waals surface area (Å²) in [6, 6.07) is 18.5. The summed E-state index contributed by atoms with van der Waals surface area (Å²) >= 11 is 1.27. The molecule has 0 spiro atoms. The first-order valence-electron chi connectivity index (χ1n) is 9.53. The number of halogens is 1. The second-order valence-electron chi connectivity index (χ2n) is 6.96. The lowest BCUT2D eigenvalue weighted by Gasteiger charge is -2.12. The highest BCUT2D eigenvalue weighted by molar-refractivity contribution is 7.92. The number of rotatable bonds is 6. The lowest BCUT2D eigenvalue weighted by atomic mass is 10.1. The van der Waals surface area contributed by atoms with Gasteiger partial charge in [0.2, 0.25) is 0 Å². The molecule has 0 aliphatic rings. The number of nitrogens with zero attached hydrogens (tertiary/aromatic N) is 1. The van der Waals surface area contributed by atoms with Gasteiger partial charge in [0.1, 0.15) is 5.82 Å². The molecule has 0 aliphatic heterocycles. The summed E-state index contributed by atoms with van der Waals surface area (Å²) in [5.74, 6) is -1.05. The Hall–Kier alpha value is -3.56. The molecular formula is C23H18FN3O3S2. The van der Waals surface area contributed by atoms with Crippen molar-refractivity contribution in [2.75, 3.05) is 10.0 Å². The van der Waals surface area contributed by atoms with Gasteiger partial charge in [-0.05, 0) is 43.3 Å². The molecule has 1 amide bonds. The molecule has 0 aliphatic carbocycles. The van der Waals surface area contributed by atoms with Gasteiger partial charge in [0, 0.05) is 10.9 Å². The zero-order chi connectivity index (χ0) is 22.7. The van der Waals surface area contributed by atoms with Gasteiger partial charge in [0.05, 0.1) is 21.8 Å². The molecule has 0 atom stereocenters. The maximum atomic E-state index is 13.1. The Morgan fingerprint density at radius 1 is 0.969 bits per heavy atom. The van der Waals surface area contributed by atoms with E-state index in [0.717, 1.165) is 41.1 Å². The zero-order valence-corrected chi connectivity index (χ0v) is 18.5. The highest BCUT2D eigenvalue weighted by atomic mass is 32.2. The standard InChI is InChI=1S/C23H18FN3O3S2/c1-15-6-8-16(9-7-15)21-14-31-23(25-21)26-22(28)19-4-2-3-5-20(19)27-32(29,30)18-12-10-17(24)11-13-18/h2-14,27H,1H3,(H,25,26,28). The van der Waals surface area contributed by atoms with Gasteiger partial charge in [-0.1, -0.05) is 42.0 Å². The number of aryl methyl sites for hydroxylation is 1. The van der Waals surface area contributed by atoms with Gasteiger partial charge in [-0.2, -0.15) is 0 Å². The van der Waals surface area contributed by atoms with E-state index in [4.69, 9.17) is 0 Å². The molecule has 1 heterocycles. The fraction of sp³-hybridized carbons (Fsp3) is 0.0435. The zero-order valence-electron chi connectivity index (χ0n) is 16.9. The largest absolute Gasteiger partial charge is 0.298 e. The predicted molar refractivity (Wildman–Crippen MR) is 124 cm³/mol. The molecule has 9 heteroatoms. The van der Waals surface area contributed by atoms with Crippen LogP contribution in [0, 0.1) is 12.7 Å². The van der Waals surface area contributed by atoms with Crippen molar-refractivity contribution in [3.63, 3.8) is 0 Å². The van der Waals surface area contributed by atoms with Crippen LogP contribution >= 0.6 is 11.3 Å². The molecular weight excluding hydrogens is 449 g/mol. The maximum Gasteiger partial charge on any atom is 0.261 e. The number of carbonyl (C=O) groups excluding carboxylic acids is 1. The van der Waals surface area contributed by atoms with Gasteiger partial charge in [0.25, 0.3) is 15.9 Å². The van der Waals surface area contributed by atoms with Crippen molar-refractivity contribution >= 4 is 38.1 Å². The van der Waals surface area contributed by atoms with Crippen LogP contribution < -0.4 is 10.0 Å². The second kappa shape index (κ2) is 8.89. The van der Waals surface area contributed by atoms with Crippen LogP contribution in [-0.4, -0.2) is 19.3 Å². The van der Waals surface area contributed by atoms with E-state index in [9.17, 15) is 17.6 Å². The van der Waals surface area contributed by atoms with Crippen LogP contribution in [0.5, 0.6) is 0 Å². The predicted octanol–water partition coefficient (Wildman–Crippen LogP) is 5.31. The molecule has 2 N–H and O–H groups in total. The number of nitrogens with one attached hydrogen (secondary N) is 2. The van der Waals surface area contributed by atoms with E-state index in [0.29, 0.717) is 5.13 Å². The van der Waals surface area contributed by atoms with Crippen LogP contribution in [0.25, 0.3) is 11.3 Å². The molecule has 162 valence electrons. The molecule has 0 saturated carbocycles. The molecule has 4 rings (SSSR count). The van der Waals surface area contributed by atoms with Gasteiger partial charge in [-0.15, -0.1) is 11.3 Å². The number of anilines is 2. The quantitative estimate of drug-likeness (QED) is 0.402. The summed E-state index contributed by atoms with van der Waals surface area (Å²) < 4.78 is 40.8. The number of sulfonamides is 1. The summed E-state index contributed by atoms with van der Waals surface area (Å²) in [7, 11) is -4.00. The van der Waals surface area contributed by atoms with Crippen molar-refractivity contribution < 1.29 is 17.6 Å². The van der Waals surface area contributed by atoms with Crippen LogP contribution in [0.3, 0.4) is 0 Å². The summed E-state index contributed by atoms with van der Waals surface area (Å²) in [5, 5.41) is 4.94. The van der Waals surface area contributed by atoms with Gasteiger partial charge >= 0.3 is 0 Å². The number of hydrogen-bond donors (Lipinski definition) is 2. The molecule has 4 aromatic rings. The lowest BCUT2D eigenvalue weighted by Crippen LogP contribution is -2.18. The van der Waals surface area contributed by atoms with E-state index in [1.165, 1.54) is 23.5 Å². The van der Waals surface area contributed by atoms with Crippen molar-refractivity contribution in [1.82, 2.24) is 4.98 Å². The molecule has 32 heavy (non-hydrogen) atoms. The van der Waals surface area contributed by atoms with E-state index >= 15 is 0 Å². The first-order chi connectivity index (χ1) is 15.3. The van der Waals surface area contributed by atoms with Gasteiger partial charge in [-0.3, -0.25) is 14.8 Å². The molecule has 0 radical (unpaired) electrons. The van der Waals surface area contributed by atoms with Gasteiger partial charge < -0.3 is 0 Å². The van der Waals surface area contributed by atoms with Crippen molar-refractivity contribution in [2.45, 2.75) is 11.8 Å². The third-order valence-electron chi connectivity index (χ3n) is 4.61. The molecule has 3 aromatic carbocycles. The molecule has 0 saturated heterocycles. The third kappa shape index (κ3) is 4.84. The Morgan fingerprint density at radius 3 is 2.38 bits per heavy atom. The van der Waals surface area contributed by atoms with Crippen molar-refractivity contribution in [1.29, 1.82) is 0 Å². The number of thiazole rings is 1. The van der Waals surface area contributed by atoms with Crippen LogP contribution in [0.1, 0.15) is 15.9 Å². The van der Waals surface area contributed by atoms with Gasteiger partial charge in [-0.25, -0.2) is 17.8 Å². The Balaban J connectivity index is 1.54. The number of carbonyl (C=O) groups is 1. The molecule has 6 nitrogen and oxygen atoms in total. The van der Waals surface area contributed by atoms with Crippen LogP contribution in [0.15, 0.2) is 83.1 Å². The van der Waals surface area contributed by atoms with E-state index in [-0.39, 0.29) is 16.1 Å². The molecule has 0 bridgehead atoms.